The summed E-state index contributed by atoms with van der Waals surface area (Å²) in [7, 11) is 8.14. The molecule has 0 N–H and O–H groups in total. The highest BCUT2D eigenvalue weighted by Crippen LogP contribution is 2.10. The second kappa shape index (κ2) is 4.44. The highest BCUT2D eigenvalue weighted by atomic mass is 16.3. The maximum atomic E-state index is 5.62. The molecule has 0 fully saturated rings. The first-order valence-corrected chi connectivity index (χ1v) is 4.45. The fourth-order valence-corrected chi connectivity index (χ4v) is 1.22. The van der Waals surface area contributed by atoms with Crippen LogP contribution in [0.1, 0.15) is 11.5 Å². The van der Waals surface area contributed by atoms with Crippen LogP contribution < -0.4 is 0 Å². The second-order valence-electron chi connectivity index (χ2n) is 3.84. The summed E-state index contributed by atoms with van der Waals surface area (Å²) in [5.41, 5.74) is 0. The quantitative estimate of drug-likeness (QED) is 0.702. The van der Waals surface area contributed by atoms with Crippen LogP contribution in [0.25, 0.3) is 0 Å². The molecular weight excluding hydrogens is 164 g/mol. The van der Waals surface area contributed by atoms with Crippen LogP contribution in [0.5, 0.6) is 0 Å². The van der Waals surface area contributed by atoms with Gasteiger partial charge in [-0.3, -0.25) is 0 Å². The van der Waals surface area contributed by atoms with Crippen LogP contribution in [0.4, 0.5) is 0 Å². The fourth-order valence-electron chi connectivity index (χ4n) is 1.22. The molecule has 0 aromatic carbocycles. The smallest absolute Gasteiger partial charge is 0.118 e. The minimum atomic E-state index is 0.868. The van der Waals surface area contributed by atoms with Crippen molar-refractivity contribution in [2.45, 2.75) is 13.1 Å². The zero-order chi connectivity index (χ0) is 9.84. The molecule has 0 spiro atoms. The first kappa shape index (κ1) is 10.3. The third kappa shape index (κ3) is 3.61. The lowest BCUT2D eigenvalue weighted by Crippen LogP contribution is -2.10. The van der Waals surface area contributed by atoms with E-state index in [1.165, 1.54) is 0 Å². The largest absolute Gasteiger partial charge is 0.463 e. The van der Waals surface area contributed by atoms with Gasteiger partial charge in [0.05, 0.1) is 13.1 Å². The van der Waals surface area contributed by atoms with E-state index in [0.717, 1.165) is 24.6 Å². The van der Waals surface area contributed by atoms with Crippen LogP contribution in [0, 0.1) is 0 Å². The molecule has 74 valence electrons. The van der Waals surface area contributed by atoms with Crippen molar-refractivity contribution in [3.8, 4) is 0 Å². The van der Waals surface area contributed by atoms with E-state index in [0.29, 0.717) is 0 Å². The van der Waals surface area contributed by atoms with Crippen LogP contribution in [0.2, 0.25) is 0 Å². The van der Waals surface area contributed by atoms with E-state index in [1.54, 1.807) is 0 Å². The van der Waals surface area contributed by atoms with Gasteiger partial charge in [-0.25, -0.2) is 0 Å². The monoisotopic (exact) mass is 182 g/mol. The maximum absolute atomic E-state index is 5.62. The molecule has 0 saturated heterocycles. The molecule has 0 aliphatic carbocycles. The van der Waals surface area contributed by atoms with Gasteiger partial charge in [-0.05, 0) is 40.3 Å². The lowest BCUT2D eigenvalue weighted by Gasteiger charge is -2.07. The summed E-state index contributed by atoms with van der Waals surface area (Å²) in [6.07, 6.45) is 0. The van der Waals surface area contributed by atoms with Crippen molar-refractivity contribution in [3.05, 3.63) is 23.7 Å². The highest BCUT2D eigenvalue weighted by molar-refractivity contribution is 5.06. The Labute approximate surface area is 79.9 Å². The molecule has 0 atom stereocenters. The van der Waals surface area contributed by atoms with Gasteiger partial charge in [0.25, 0.3) is 0 Å². The summed E-state index contributed by atoms with van der Waals surface area (Å²) in [6, 6.07) is 4.08. The van der Waals surface area contributed by atoms with Crippen LogP contribution in [0.3, 0.4) is 0 Å². The van der Waals surface area contributed by atoms with Crippen molar-refractivity contribution in [2.24, 2.45) is 0 Å². The molecule has 0 bridgehead atoms. The van der Waals surface area contributed by atoms with E-state index in [-0.39, 0.29) is 0 Å². The Morgan fingerprint density at radius 1 is 0.923 bits per heavy atom. The topological polar surface area (TPSA) is 19.6 Å². The molecule has 0 saturated carbocycles. The molecule has 1 rings (SSSR count). The molecule has 1 aromatic rings. The normalized spacial score (nSPS) is 11.5. The van der Waals surface area contributed by atoms with Gasteiger partial charge < -0.3 is 14.2 Å². The van der Waals surface area contributed by atoms with Crippen LogP contribution in [-0.2, 0) is 13.1 Å². The molecule has 0 unspecified atom stereocenters. The van der Waals surface area contributed by atoms with E-state index in [2.05, 4.69) is 9.80 Å². The van der Waals surface area contributed by atoms with Gasteiger partial charge in [0.1, 0.15) is 11.5 Å². The predicted molar refractivity (Wildman–Crippen MR) is 53.5 cm³/mol. The van der Waals surface area contributed by atoms with E-state index in [9.17, 15) is 0 Å². The standard InChI is InChI=1S/C10H18N2O/c1-11(2)7-9-5-6-10(13-9)8-12(3)4/h5-6H,7-8H2,1-4H3. The van der Waals surface area contributed by atoms with Gasteiger partial charge in [0.15, 0.2) is 0 Å². The lowest BCUT2D eigenvalue weighted by atomic mass is 10.4. The van der Waals surface area contributed by atoms with Gasteiger partial charge >= 0.3 is 0 Å². The van der Waals surface area contributed by atoms with Gasteiger partial charge in [-0.2, -0.15) is 0 Å². The Morgan fingerprint density at radius 3 is 1.62 bits per heavy atom. The number of rotatable bonds is 4. The van der Waals surface area contributed by atoms with Crippen molar-refractivity contribution < 1.29 is 4.42 Å². The number of hydrogen-bond acceptors (Lipinski definition) is 3. The van der Waals surface area contributed by atoms with E-state index < -0.39 is 0 Å². The van der Waals surface area contributed by atoms with Crippen LogP contribution in [0.15, 0.2) is 16.5 Å². The van der Waals surface area contributed by atoms with Crippen molar-refractivity contribution in [2.75, 3.05) is 28.2 Å². The molecule has 3 nitrogen and oxygen atoms in total. The molecule has 1 heterocycles. The maximum Gasteiger partial charge on any atom is 0.118 e. The summed E-state index contributed by atoms with van der Waals surface area (Å²) in [4.78, 5) is 4.19. The van der Waals surface area contributed by atoms with Crippen molar-refractivity contribution >= 4 is 0 Å². The minimum Gasteiger partial charge on any atom is -0.463 e. The van der Waals surface area contributed by atoms with Gasteiger partial charge in [-0.1, -0.05) is 0 Å². The van der Waals surface area contributed by atoms with Crippen molar-refractivity contribution in [3.63, 3.8) is 0 Å². The van der Waals surface area contributed by atoms with Crippen LogP contribution >= 0.6 is 0 Å². The van der Waals surface area contributed by atoms with Crippen molar-refractivity contribution in [1.29, 1.82) is 0 Å². The van der Waals surface area contributed by atoms with Crippen LogP contribution in [-0.4, -0.2) is 38.0 Å². The van der Waals surface area contributed by atoms with E-state index in [4.69, 9.17) is 4.42 Å². The van der Waals surface area contributed by atoms with Gasteiger partial charge in [0, 0.05) is 0 Å². The Kier molecular flexibility index (Phi) is 3.51. The first-order valence-electron chi connectivity index (χ1n) is 4.45. The number of hydrogen-bond donors (Lipinski definition) is 0. The van der Waals surface area contributed by atoms with E-state index >= 15 is 0 Å². The molecule has 13 heavy (non-hydrogen) atoms. The SMILES string of the molecule is CN(C)Cc1ccc(CN(C)C)o1. The molecule has 0 amide bonds. The average Bonchev–Trinajstić information content (AvgIpc) is 2.33. The molecule has 0 radical (unpaired) electrons. The Morgan fingerprint density at radius 2 is 1.31 bits per heavy atom. The average molecular weight is 182 g/mol. The summed E-state index contributed by atoms with van der Waals surface area (Å²) < 4.78 is 5.62. The first-order chi connectivity index (χ1) is 6.08. The zero-order valence-electron chi connectivity index (χ0n) is 8.87. The second-order valence-corrected chi connectivity index (χ2v) is 3.84. The molecular formula is C10H18N2O. The molecule has 1 aromatic heterocycles. The third-order valence-electron chi connectivity index (χ3n) is 1.66. The number of nitrogens with zero attached hydrogens (tertiary/aromatic N) is 2. The fraction of sp³-hybridized carbons (Fsp3) is 0.600. The Balaban J connectivity index is 2.53. The number of furan rings is 1. The lowest BCUT2D eigenvalue weighted by molar-refractivity contribution is 0.311. The van der Waals surface area contributed by atoms with Crippen molar-refractivity contribution in [1.82, 2.24) is 9.80 Å². The van der Waals surface area contributed by atoms with Gasteiger partial charge in [0.2, 0.25) is 0 Å². The molecule has 0 aliphatic heterocycles. The Hall–Kier alpha value is -0.800. The third-order valence-corrected chi connectivity index (χ3v) is 1.66. The zero-order valence-corrected chi connectivity index (χ0v) is 8.87. The predicted octanol–water partition coefficient (Wildman–Crippen LogP) is 1.40. The minimum absolute atomic E-state index is 0.868. The van der Waals surface area contributed by atoms with E-state index in [1.807, 2.05) is 40.3 Å². The Bertz CT molecular complexity index is 229. The summed E-state index contributed by atoms with van der Waals surface area (Å²) in [5, 5.41) is 0. The summed E-state index contributed by atoms with van der Waals surface area (Å²) in [6.45, 7) is 1.74. The summed E-state index contributed by atoms with van der Waals surface area (Å²) >= 11 is 0. The molecule has 0 aliphatic rings. The molecule has 3 heteroatoms. The van der Waals surface area contributed by atoms with Gasteiger partial charge in [-0.15, -0.1) is 0 Å². The highest BCUT2D eigenvalue weighted by Gasteiger charge is 2.03. The summed E-state index contributed by atoms with van der Waals surface area (Å²) in [5.74, 6) is 2.06.